The van der Waals surface area contributed by atoms with Gasteiger partial charge in [0.05, 0.1) is 23.2 Å². The number of likely N-dealkylation sites (N-methyl/N-ethyl adjacent to an activating group) is 1. The first-order valence-electron chi connectivity index (χ1n) is 8.91. The Hall–Kier alpha value is -2.04. The van der Waals surface area contributed by atoms with Crippen LogP contribution in [0.1, 0.15) is 35.7 Å². The van der Waals surface area contributed by atoms with Gasteiger partial charge >= 0.3 is 0 Å². The van der Waals surface area contributed by atoms with Crippen LogP contribution in [0.5, 0.6) is 0 Å². The summed E-state index contributed by atoms with van der Waals surface area (Å²) in [4.78, 5) is 27.1. The van der Waals surface area contributed by atoms with Crippen molar-refractivity contribution in [2.24, 2.45) is 0 Å². The molecule has 0 saturated carbocycles. The summed E-state index contributed by atoms with van der Waals surface area (Å²) in [6.07, 6.45) is 3.67. The molecule has 6 nitrogen and oxygen atoms in total. The maximum absolute atomic E-state index is 12.6. The van der Waals surface area contributed by atoms with E-state index in [1.54, 1.807) is 36.0 Å². The summed E-state index contributed by atoms with van der Waals surface area (Å²) in [5.74, 6) is 0.809. The molecule has 1 saturated heterocycles. The molecule has 2 rings (SSSR count). The average molecular weight is 375 g/mol. The average Bonchev–Trinajstić information content (AvgIpc) is 3.04. The molecule has 0 bridgehead atoms. The number of nitriles is 1. The predicted molar refractivity (Wildman–Crippen MR) is 104 cm³/mol. The van der Waals surface area contributed by atoms with Gasteiger partial charge in [-0.1, -0.05) is 12.1 Å². The van der Waals surface area contributed by atoms with Crippen molar-refractivity contribution in [3.63, 3.8) is 0 Å². The van der Waals surface area contributed by atoms with Crippen LogP contribution in [0.25, 0.3) is 0 Å². The van der Waals surface area contributed by atoms with Crippen LogP contribution in [0, 0.1) is 11.3 Å². The summed E-state index contributed by atoms with van der Waals surface area (Å²) >= 11 is 1.79. The lowest BCUT2D eigenvalue weighted by molar-refractivity contribution is -0.125. The number of rotatable bonds is 8. The van der Waals surface area contributed by atoms with E-state index >= 15 is 0 Å². The van der Waals surface area contributed by atoms with Gasteiger partial charge in [0.2, 0.25) is 5.91 Å². The molecular weight excluding hydrogens is 348 g/mol. The predicted octanol–water partition coefficient (Wildman–Crippen LogP) is 1.62. The Bertz CT molecular complexity index is 674. The number of thioether (sulfide) groups is 1. The maximum atomic E-state index is 12.6. The van der Waals surface area contributed by atoms with Gasteiger partial charge in [-0.2, -0.15) is 17.0 Å². The van der Waals surface area contributed by atoms with E-state index in [1.165, 1.54) is 0 Å². The van der Waals surface area contributed by atoms with Crippen LogP contribution in [0.15, 0.2) is 24.3 Å². The lowest BCUT2D eigenvalue weighted by atomic mass is 10.1. The summed E-state index contributed by atoms with van der Waals surface area (Å²) < 4.78 is 0. The van der Waals surface area contributed by atoms with Crippen LogP contribution in [-0.4, -0.2) is 60.4 Å². The Kier molecular flexibility index (Phi) is 7.95. The molecule has 26 heavy (non-hydrogen) atoms. The van der Waals surface area contributed by atoms with Crippen molar-refractivity contribution in [3.8, 4) is 6.07 Å². The van der Waals surface area contributed by atoms with E-state index < -0.39 is 0 Å². The molecule has 7 heteroatoms. The third-order valence-electron chi connectivity index (χ3n) is 4.48. The van der Waals surface area contributed by atoms with Crippen LogP contribution in [0.3, 0.4) is 0 Å². The minimum absolute atomic E-state index is 0.0193. The molecule has 0 radical (unpaired) electrons. The summed E-state index contributed by atoms with van der Waals surface area (Å²) in [6.45, 7) is 3.99. The van der Waals surface area contributed by atoms with E-state index in [0.29, 0.717) is 30.6 Å². The molecule has 1 heterocycles. The Morgan fingerprint density at radius 3 is 2.85 bits per heavy atom. The van der Waals surface area contributed by atoms with Crippen molar-refractivity contribution in [1.82, 2.24) is 15.5 Å². The Morgan fingerprint density at radius 1 is 1.38 bits per heavy atom. The van der Waals surface area contributed by atoms with Gasteiger partial charge in [0.1, 0.15) is 0 Å². The largest absolute Gasteiger partial charge is 0.355 e. The number of carbonyl (C=O) groups is 2. The normalized spacial score (nSPS) is 19.7. The van der Waals surface area contributed by atoms with Gasteiger partial charge in [0.25, 0.3) is 5.91 Å². The fraction of sp³-hybridized carbons (Fsp3) is 0.526. The second-order valence-corrected chi connectivity index (χ2v) is 7.30. The van der Waals surface area contributed by atoms with Crippen molar-refractivity contribution in [3.05, 3.63) is 35.4 Å². The van der Waals surface area contributed by atoms with Crippen LogP contribution >= 0.6 is 11.8 Å². The van der Waals surface area contributed by atoms with Crippen molar-refractivity contribution in [2.75, 3.05) is 31.6 Å². The van der Waals surface area contributed by atoms with E-state index in [2.05, 4.69) is 27.9 Å². The molecule has 0 aromatic heterocycles. The van der Waals surface area contributed by atoms with Gasteiger partial charge < -0.3 is 10.6 Å². The fourth-order valence-electron chi connectivity index (χ4n) is 3.27. The van der Waals surface area contributed by atoms with Crippen molar-refractivity contribution in [2.45, 2.75) is 31.8 Å². The zero-order valence-corrected chi connectivity index (χ0v) is 16.1. The fourth-order valence-corrected chi connectivity index (χ4v) is 3.69. The van der Waals surface area contributed by atoms with E-state index in [-0.39, 0.29) is 23.9 Å². The zero-order valence-electron chi connectivity index (χ0n) is 15.3. The molecule has 1 fully saturated rings. The van der Waals surface area contributed by atoms with Crippen molar-refractivity contribution >= 4 is 23.6 Å². The summed E-state index contributed by atoms with van der Waals surface area (Å²) in [5.41, 5.74) is 0.741. The highest BCUT2D eigenvalue weighted by molar-refractivity contribution is 7.98. The lowest BCUT2D eigenvalue weighted by Crippen LogP contribution is -2.43. The molecule has 0 spiro atoms. The Balaban J connectivity index is 2.04. The third-order valence-corrected chi connectivity index (χ3v) is 5.18. The minimum atomic E-state index is -0.257. The van der Waals surface area contributed by atoms with Crippen LogP contribution in [0.4, 0.5) is 0 Å². The second-order valence-electron chi connectivity index (χ2n) is 6.32. The SMILES string of the molecule is CCNC(=O)[C@@H]1C[C@H](NC(=O)c2ccccc2C#N)CN1CCCSC. The molecule has 1 aliphatic heterocycles. The van der Waals surface area contributed by atoms with Crippen LogP contribution in [-0.2, 0) is 4.79 Å². The first-order valence-corrected chi connectivity index (χ1v) is 10.3. The minimum Gasteiger partial charge on any atom is -0.355 e. The lowest BCUT2D eigenvalue weighted by Gasteiger charge is -2.22. The van der Waals surface area contributed by atoms with E-state index in [1.807, 2.05) is 6.92 Å². The highest BCUT2D eigenvalue weighted by Crippen LogP contribution is 2.20. The van der Waals surface area contributed by atoms with Gasteiger partial charge in [0.15, 0.2) is 0 Å². The topological polar surface area (TPSA) is 85.2 Å². The zero-order chi connectivity index (χ0) is 18.9. The third kappa shape index (κ3) is 5.23. The molecular formula is C19H26N4O2S. The maximum Gasteiger partial charge on any atom is 0.252 e. The number of benzene rings is 1. The molecule has 0 unspecified atom stereocenters. The number of likely N-dealkylation sites (tertiary alicyclic amines) is 1. The van der Waals surface area contributed by atoms with Crippen molar-refractivity contribution < 1.29 is 9.59 Å². The number of amides is 2. The number of nitrogens with zero attached hydrogens (tertiary/aromatic N) is 2. The number of carbonyl (C=O) groups excluding carboxylic acids is 2. The molecule has 2 amide bonds. The van der Waals surface area contributed by atoms with Crippen LogP contribution in [0.2, 0.25) is 0 Å². The van der Waals surface area contributed by atoms with E-state index in [9.17, 15) is 14.9 Å². The standard InChI is InChI=1S/C19H26N4O2S/c1-3-21-19(25)17-11-15(13-23(17)9-6-10-26-2)22-18(24)16-8-5-4-7-14(16)12-20/h4-5,7-8,15,17H,3,6,9-11,13H2,1-2H3,(H,21,25)(H,22,24)/t15-,17-/m0/s1. The van der Waals surface area contributed by atoms with Crippen molar-refractivity contribution in [1.29, 1.82) is 5.26 Å². The number of hydrogen-bond acceptors (Lipinski definition) is 5. The van der Waals surface area contributed by atoms with Gasteiger partial charge in [-0.25, -0.2) is 0 Å². The molecule has 1 aliphatic rings. The Morgan fingerprint density at radius 2 is 2.15 bits per heavy atom. The highest BCUT2D eigenvalue weighted by Gasteiger charge is 2.37. The summed E-state index contributed by atoms with van der Waals surface area (Å²) in [7, 11) is 0. The summed E-state index contributed by atoms with van der Waals surface area (Å²) in [6, 6.07) is 8.51. The van der Waals surface area contributed by atoms with Gasteiger partial charge in [-0.3, -0.25) is 14.5 Å². The van der Waals surface area contributed by atoms with Gasteiger partial charge in [0, 0.05) is 19.1 Å². The number of hydrogen-bond donors (Lipinski definition) is 2. The quantitative estimate of drug-likeness (QED) is 0.676. The second kappa shape index (κ2) is 10.2. The number of nitrogens with one attached hydrogen (secondary N) is 2. The first kappa shape index (κ1) is 20.3. The molecule has 2 atom stereocenters. The van der Waals surface area contributed by atoms with Gasteiger partial charge in [-0.15, -0.1) is 0 Å². The molecule has 2 N–H and O–H groups in total. The smallest absolute Gasteiger partial charge is 0.252 e. The van der Waals surface area contributed by atoms with Gasteiger partial charge in [-0.05, 0) is 50.5 Å². The van der Waals surface area contributed by atoms with E-state index in [0.717, 1.165) is 18.7 Å². The monoisotopic (exact) mass is 374 g/mol. The molecule has 1 aromatic carbocycles. The molecule has 140 valence electrons. The first-order chi connectivity index (χ1) is 12.6. The van der Waals surface area contributed by atoms with E-state index in [4.69, 9.17) is 0 Å². The summed E-state index contributed by atoms with van der Waals surface area (Å²) in [5, 5.41) is 15.1. The van der Waals surface area contributed by atoms with Crippen LogP contribution < -0.4 is 10.6 Å². The molecule has 0 aliphatic carbocycles. The molecule has 1 aromatic rings. The Labute approximate surface area is 159 Å². The highest BCUT2D eigenvalue weighted by atomic mass is 32.2.